The standard InChI is InChI=1S/C10H13N5OS2/c1-15(2)10-14-8(11)7(18-10)9(16)13-5-6-12-3-4-17-6/h3-4H,5,11H2,1-2H3,(H,13,16). The fraction of sp³-hybridized carbons (Fsp3) is 0.300. The zero-order valence-corrected chi connectivity index (χ0v) is 11.6. The number of hydrogen-bond acceptors (Lipinski definition) is 7. The predicted molar refractivity (Wildman–Crippen MR) is 74.1 cm³/mol. The van der Waals surface area contributed by atoms with E-state index in [9.17, 15) is 4.79 Å². The molecule has 0 bridgehead atoms. The van der Waals surface area contributed by atoms with Crippen molar-refractivity contribution < 1.29 is 4.79 Å². The summed E-state index contributed by atoms with van der Waals surface area (Å²) in [6, 6.07) is 0. The highest BCUT2D eigenvalue weighted by Gasteiger charge is 2.16. The highest BCUT2D eigenvalue weighted by Crippen LogP contribution is 2.26. The van der Waals surface area contributed by atoms with Gasteiger partial charge in [0, 0.05) is 25.7 Å². The summed E-state index contributed by atoms with van der Waals surface area (Å²) in [7, 11) is 3.71. The van der Waals surface area contributed by atoms with Crippen molar-refractivity contribution in [3.63, 3.8) is 0 Å². The Morgan fingerprint density at radius 3 is 2.89 bits per heavy atom. The number of nitrogen functional groups attached to an aromatic ring is 1. The summed E-state index contributed by atoms with van der Waals surface area (Å²) in [5, 5.41) is 6.22. The molecule has 1 amide bonds. The van der Waals surface area contributed by atoms with Gasteiger partial charge >= 0.3 is 0 Å². The van der Waals surface area contributed by atoms with E-state index in [1.165, 1.54) is 22.7 Å². The zero-order chi connectivity index (χ0) is 13.1. The van der Waals surface area contributed by atoms with Gasteiger partial charge in [0.1, 0.15) is 15.7 Å². The summed E-state index contributed by atoms with van der Waals surface area (Å²) in [4.78, 5) is 22.4. The molecule has 18 heavy (non-hydrogen) atoms. The molecule has 0 aliphatic carbocycles. The molecule has 2 aromatic heterocycles. The lowest BCUT2D eigenvalue weighted by Gasteiger charge is -2.05. The topological polar surface area (TPSA) is 84.1 Å². The van der Waals surface area contributed by atoms with Crippen molar-refractivity contribution in [1.29, 1.82) is 0 Å². The van der Waals surface area contributed by atoms with Crippen LogP contribution in [0.3, 0.4) is 0 Å². The highest BCUT2D eigenvalue weighted by atomic mass is 32.1. The van der Waals surface area contributed by atoms with E-state index in [0.717, 1.165) is 5.01 Å². The van der Waals surface area contributed by atoms with Crippen LogP contribution in [0.4, 0.5) is 10.9 Å². The van der Waals surface area contributed by atoms with Crippen LogP contribution in [0.1, 0.15) is 14.7 Å². The van der Waals surface area contributed by atoms with Crippen LogP contribution < -0.4 is 16.0 Å². The van der Waals surface area contributed by atoms with Gasteiger partial charge in [-0.05, 0) is 0 Å². The van der Waals surface area contributed by atoms with Crippen molar-refractivity contribution in [2.75, 3.05) is 24.7 Å². The summed E-state index contributed by atoms with van der Waals surface area (Å²) >= 11 is 2.77. The van der Waals surface area contributed by atoms with Gasteiger partial charge in [-0.1, -0.05) is 11.3 Å². The van der Waals surface area contributed by atoms with Gasteiger partial charge in [0.05, 0.1) is 6.54 Å². The fourth-order valence-electron chi connectivity index (χ4n) is 1.25. The van der Waals surface area contributed by atoms with E-state index in [4.69, 9.17) is 5.73 Å². The number of carbonyl (C=O) groups is 1. The zero-order valence-electron chi connectivity index (χ0n) is 10.0. The van der Waals surface area contributed by atoms with Gasteiger partial charge in [0.2, 0.25) is 0 Å². The van der Waals surface area contributed by atoms with Crippen LogP contribution in [0.15, 0.2) is 11.6 Å². The van der Waals surface area contributed by atoms with Crippen LogP contribution in [-0.4, -0.2) is 30.0 Å². The van der Waals surface area contributed by atoms with Crippen molar-refractivity contribution in [3.8, 4) is 0 Å². The Hall–Kier alpha value is -1.67. The number of rotatable bonds is 4. The summed E-state index contributed by atoms with van der Waals surface area (Å²) in [5.41, 5.74) is 5.73. The Kier molecular flexibility index (Phi) is 3.78. The maximum atomic E-state index is 11.9. The first-order valence-corrected chi connectivity index (χ1v) is 6.87. The molecule has 0 aliphatic heterocycles. The molecule has 0 aromatic carbocycles. The lowest BCUT2D eigenvalue weighted by Crippen LogP contribution is -2.22. The van der Waals surface area contributed by atoms with Crippen LogP contribution in [0.2, 0.25) is 0 Å². The number of amides is 1. The van der Waals surface area contributed by atoms with Crippen molar-refractivity contribution in [3.05, 3.63) is 21.5 Å². The Labute approximate surface area is 112 Å². The molecular formula is C10H13N5OS2. The van der Waals surface area contributed by atoms with Crippen molar-refractivity contribution >= 4 is 39.5 Å². The summed E-state index contributed by atoms with van der Waals surface area (Å²) in [6.07, 6.45) is 1.71. The van der Waals surface area contributed by atoms with Crippen LogP contribution in [0.5, 0.6) is 0 Å². The van der Waals surface area contributed by atoms with Gasteiger partial charge in [-0.3, -0.25) is 4.79 Å². The lowest BCUT2D eigenvalue weighted by atomic mass is 10.4. The molecule has 2 rings (SSSR count). The maximum absolute atomic E-state index is 11.9. The summed E-state index contributed by atoms with van der Waals surface area (Å²) < 4.78 is 0. The number of anilines is 2. The van der Waals surface area contributed by atoms with Gasteiger partial charge in [-0.15, -0.1) is 11.3 Å². The van der Waals surface area contributed by atoms with Crippen LogP contribution in [-0.2, 0) is 6.54 Å². The number of hydrogen-bond donors (Lipinski definition) is 2. The molecule has 0 saturated carbocycles. The second-order valence-corrected chi connectivity index (χ2v) is 5.67. The van der Waals surface area contributed by atoms with E-state index in [2.05, 4.69) is 15.3 Å². The van der Waals surface area contributed by atoms with Crippen LogP contribution in [0, 0.1) is 0 Å². The molecule has 0 spiro atoms. The number of nitrogens with two attached hydrogens (primary N) is 1. The first kappa shape index (κ1) is 12.8. The summed E-state index contributed by atoms with van der Waals surface area (Å²) in [6.45, 7) is 0.408. The maximum Gasteiger partial charge on any atom is 0.265 e. The smallest absolute Gasteiger partial charge is 0.265 e. The number of carbonyl (C=O) groups excluding carboxylic acids is 1. The average Bonchev–Trinajstić information content (AvgIpc) is 2.94. The molecular weight excluding hydrogens is 270 g/mol. The van der Waals surface area contributed by atoms with Crippen molar-refractivity contribution in [2.24, 2.45) is 0 Å². The number of thiazole rings is 2. The minimum Gasteiger partial charge on any atom is -0.382 e. The van der Waals surface area contributed by atoms with Gasteiger partial charge in [0.15, 0.2) is 5.13 Å². The second kappa shape index (κ2) is 5.32. The first-order valence-electron chi connectivity index (χ1n) is 5.18. The largest absolute Gasteiger partial charge is 0.382 e. The molecule has 96 valence electrons. The van der Waals surface area contributed by atoms with E-state index >= 15 is 0 Å². The van der Waals surface area contributed by atoms with Gasteiger partial charge in [-0.25, -0.2) is 9.97 Å². The van der Waals surface area contributed by atoms with E-state index in [1.807, 2.05) is 24.4 Å². The molecule has 0 saturated heterocycles. The molecule has 6 nitrogen and oxygen atoms in total. The Bertz CT molecular complexity index is 534. The Balaban J connectivity index is 2.04. The Morgan fingerprint density at radius 1 is 1.56 bits per heavy atom. The van der Waals surface area contributed by atoms with Gasteiger partial charge in [0.25, 0.3) is 5.91 Å². The molecule has 0 atom stereocenters. The van der Waals surface area contributed by atoms with Crippen LogP contribution in [0.25, 0.3) is 0 Å². The van der Waals surface area contributed by atoms with Gasteiger partial charge in [-0.2, -0.15) is 0 Å². The van der Waals surface area contributed by atoms with E-state index in [0.29, 0.717) is 16.6 Å². The fourth-order valence-corrected chi connectivity index (χ4v) is 2.63. The number of nitrogens with one attached hydrogen (secondary N) is 1. The van der Waals surface area contributed by atoms with E-state index < -0.39 is 0 Å². The molecule has 2 heterocycles. The molecule has 8 heteroatoms. The minimum atomic E-state index is -0.215. The molecule has 3 N–H and O–H groups in total. The second-order valence-electron chi connectivity index (χ2n) is 3.71. The monoisotopic (exact) mass is 283 g/mol. The Morgan fingerprint density at radius 2 is 2.33 bits per heavy atom. The quantitative estimate of drug-likeness (QED) is 0.880. The third-order valence-electron chi connectivity index (χ3n) is 2.11. The predicted octanol–water partition coefficient (Wildman–Crippen LogP) is 1.18. The number of aromatic nitrogens is 2. The van der Waals surface area contributed by atoms with E-state index in [-0.39, 0.29) is 11.7 Å². The van der Waals surface area contributed by atoms with Crippen molar-refractivity contribution in [2.45, 2.75) is 6.54 Å². The highest BCUT2D eigenvalue weighted by molar-refractivity contribution is 7.18. The normalized spacial score (nSPS) is 10.3. The SMILES string of the molecule is CN(C)c1nc(N)c(C(=O)NCc2nccs2)s1. The molecule has 0 aliphatic rings. The first-order chi connectivity index (χ1) is 8.58. The molecule has 2 aromatic rings. The van der Waals surface area contributed by atoms with E-state index in [1.54, 1.807) is 6.20 Å². The van der Waals surface area contributed by atoms with Crippen molar-refractivity contribution in [1.82, 2.24) is 15.3 Å². The number of nitrogens with zero attached hydrogens (tertiary/aromatic N) is 3. The lowest BCUT2D eigenvalue weighted by molar-refractivity contribution is 0.0955. The third kappa shape index (κ3) is 2.77. The molecule has 0 radical (unpaired) electrons. The van der Waals surface area contributed by atoms with Gasteiger partial charge < -0.3 is 16.0 Å². The molecule has 0 unspecified atom stereocenters. The summed E-state index contributed by atoms with van der Waals surface area (Å²) in [5.74, 6) is 0.0497. The van der Waals surface area contributed by atoms with Crippen LogP contribution >= 0.6 is 22.7 Å². The average molecular weight is 283 g/mol. The third-order valence-corrected chi connectivity index (χ3v) is 4.13. The minimum absolute atomic E-state index is 0.215. The molecule has 0 fully saturated rings.